The highest BCUT2D eigenvalue weighted by Gasteiger charge is 2.26. The van der Waals surface area contributed by atoms with Crippen LogP contribution in [0.5, 0.6) is 0 Å². The van der Waals surface area contributed by atoms with Crippen molar-refractivity contribution in [1.82, 2.24) is 9.88 Å². The van der Waals surface area contributed by atoms with E-state index in [1.165, 1.54) is 5.56 Å². The lowest BCUT2D eigenvalue weighted by Crippen LogP contribution is -2.39. The predicted octanol–water partition coefficient (Wildman–Crippen LogP) is 4.69. The number of hydrogen-bond acceptors (Lipinski definition) is 2. The molecule has 1 aliphatic rings. The lowest BCUT2D eigenvalue weighted by Gasteiger charge is -2.32. The smallest absolute Gasteiger partial charge is 0.253 e. The molecule has 3 nitrogen and oxygen atoms in total. The first-order valence-corrected chi connectivity index (χ1v) is 9.64. The molecule has 2 aromatic carbocycles. The summed E-state index contributed by atoms with van der Waals surface area (Å²) < 4.78 is 0. The van der Waals surface area contributed by atoms with Crippen molar-refractivity contribution < 1.29 is 4.79 Å². The number of piperidine rings is 1. The van der Waals surface area contributed by atoms with Crippen molar-refractivity contribution in [3.05, 3.63) is 101 Å². The van der Waals surface area contributed by atoms with Crippen LogP contribution in [0, 0.1) is 0 Å². The fourth-order valence-electron chi connectivity index (χ4n) is 3.80. The molecule has 27 heavy (non-hydrogen) atoms. The van der Waals surface area contributed by atoms with Gasteiger partial charge >= 0.3 is 0 Å². The first-order valence-electron chi connectivity index (χ1n) is 9.64. The second kappa shape index (κ2) is 8.17. The van der Waals surface area contributed by atoms with Gasteiger partial charge in [-0.3, -0.25) is 9.78 Å². The van der Waals surface area contributed by atoms with Crippen molar-refractivity contribution in [2.45, 2.75) is 25.2 Å². The number of aromatic nitrogens is 1. The number of nitrogens with zero attached hydrogens (tertiary/aromatic N) is 2. The topological polar surface area (TPSA) is 33.2 Å². The fraction of sp³-hybridized carbons (Fsp3) is 0.250. The number of pyridine rings is 1. The maximum Gasteiger partial charge on any atom is 0.253 e. The largest absolute Gasteiger partial charge is 0.338 e. The molecule has 2 heterocycles. The number of carbonyl (C=O) groups is 1. The second-order valence-corrected chi connectivity index (χ2v) is 7.17. The molecule has 4 rings (SSSR count). The maximum atomic E-state index is 12.8. The van der Waals surface area contributed by atoms with E-state index >= 15 is 0 Å². The van der Waals surface area contributed by atoms with Gasteiger partial charge < -0.3 is 4.90 Å². The van der Waals surface area contributed by atoms with E-state index in [1.54, 1.807) is 0 Å². The maximum absolute atomic E-state index is 12.8. The van der Waals surface area contributed by atoms with Crippen LogP contribution in [-0.2, 0) is 6.42 Å². The summed E-state index contributed by atoms with van der Waals surface area (Å²) in [5, 5.41) is 0. The quantitative estimate of drug-likeness (QED) is 0.679. The first-order chi connectivity index (χ1) is 13.3. The Labute approximate surface area is 160 Å². The molecule has 1 fully saturated rings. The normalized spacial score (nSPS) is 16.9. The Morgan fingerprint density at radius 1 is 0.926 bits per heavy atom. The van der Waals surface area contributed by atoms with Crippen LogP contribution in [0.4, 0.5) is 0 Å². The summed E-state index contributed by atoms with van der Waals surface area (Å²) in [5.74, 6) is 0.433. The molecule has 1 aromatic heterocycles. The molecule has 1 atom stereocenters. The molecule has 0 aliphatic carbocycles. The molecule has 0 radical (unpaired) electrons. The molecule has 3 heteroatoms. The standard InChI is InChI=1S/C24H24N2O/c27-24(20-11-5-2-6-12-20)26-16-8-13-21(18-26)23-15-7-14-22(25-23)17-19-9-3-1-4-10-19/h1-7,9-12,14-15,21H,8,13,16-18H2. The van der Waals surface area contributed by atoms with Crippen LogP contribution in [0.15, 0.2) is 78.9 Å². The van der Waals surface area contributed by atoms with Crippen molar-refractivity contribution in [3.63, 3.8) is 0 Å². The van der Waals surface area contributed by atoms with Gasteiger partial charge in [0, 0.05) is 42.4 Å². The zero-order chi connectivity index (χ0) is 18.5. The molecule has 0 N–H and O–H groups in total. The van der Waals surface area contributed by atoms with Gasteiger partial charge in [-0.25, -0.2) is 0 Å². The molecule has 1 unspecified atom stereocenters. The minimum Gasteiger partial charge on any atom is -0.338 e. The minimum atomic E-state index is 0.126. The Morgan fingerprint density at radius 2 is 1.67 bits per heavy atom. The Morgan fingerprint density at radius 3 is 2.44 bits per heavy atom. The van der Waals surface area contributed by atoms with Crippen molar-refractivity contribution >= 4 is 5.91 Å². The molecule has 1 saturated heterocycles. The summed E-state index contributed by atoms with van der Waals surface area (Å²) >= 11 is 0. The van der Waals surface area contributed by atoms with Crippen LogP contribution < -0.4 is 0 Å². The van der Waals surface area contributed by atoms with Gasteiger partial charge in [-0.2, -0.15) is 0 Å². The van der Waals surface area contributed by atoms with E-state index in [4.69, 9.17) is 4.98 Å². The lowest BCUT2D eigenvalue weighted by molar-refractivity contribution is 0.0706. The first kappa shape index (κ1) is 17.5. The fourth-order valence-corrected chi connectivity index (χ4v) is 3.80. The molecule has 0 bridgehead atoms. The van der Waals surface area contributed by atoms with E-state index in [0.29, 0.717) is 5.92 Å². The third kappa shape index (κ3) is 4.25. The van der Waals surface area contributed by atoms with Gasteiger partial charge in [-0.05, 0) is 42.7 Å². The van der Waals surface area contributed by atoms with Gasteiger partial charge in [0.1, 0.15) is 0 Å². The Hall–Kier alpha value is -2.94. The Bertz CT molecular complexity index is 893. The van der Waals surface area contributed by atoms with E-state index in [-0.39, 0.29) is 5.91 Å². The zero-order valence-corrected chi connectivity index (χ0v) is 15.4. The number of rotatable bonds is 4. The monoisotopic (exact) mass is 356 g/mol. The Kier molecular flexibility index (Phi) is 5.29. The van der Waals surface area contributed by atoms with E-state index in [9.17, 15) is 4.79 Å². The van der Waals surface area contributed by atoms with Gasteiger partial charge in [0.25, 0.3) is 5.91 Å². The summed E-state index contributed by atoms with van der Waals surface area (Å²) in [5.41, 5.74) is 4.23. The van der Waals surface area contributed by atoms with Crippen molar-refractivity contribution in [2.24, 2.45) is 0 Å². The van der Waals surface area contributed by atoms with Gasteiger partial charge in [0.05, 0.1) is 0 Å². The number of carbonyl (C=O) groups excluding carboxylic acids is 1. The molecule has 0 saturated carbocycles. The van der Waals surface area contributed by atoms with Gasteiger partial charge in [0.15, 0.2) is 0 Å². The highest BCUT2D eigenvalue weighted by molar-refractivity contribution is 5.94. The lowest BCUT2D eigenvalue weighted by atomic mass is 9.93. The molecule has 0 spiro atoms. The average Bonchev–Trinajstić information content (AvgIpc) is 2.75. The molecule has 3 aromatic rings. The third-order valence-corrected chi connectivity index (χ3v) is 5.20. The van der Waals surface area contributed by atoms with Crippen LogP contribution in [0.2, 0.25) is 0 Å². The van der Waals surface area contributed by atoms with E-state index in [2.05, 4.69) is 42.5 Å². The Balaban J connectivity index is 1.48. The molecule has 1 amide bonds. The number of amides is 1. The van der Waals surface area contributed by atoms with Crippen LogP contribution >= 0.6 is 0 Å². The summed E-state index contributed by atoms with van der Waals surface area (Å²) in [7, 11) is 0. The number of likely N-dealkylation sites (tertiary alicyclic amines) is 1. The molecule has 1 aliphatic heterocycles. The summed E-state index contributed by atoms with van der Waals surface area (Å²) in [4.78, 5) is 19.7. The van der Waals surface area contributed by atoms with Crippen molar-refractivity contribution in [3.8, 4) is 0 Å². The number of benzene rings is 2. The van der Waals surface area contributed by atoms with Gasteiger partial charge in [-0.15, -0.1) is 0 Å². The van der Waals surface area contributed by atoms with Crippen molar-refractivity contribution in [1.29, 1.82) is 0 Å². The summed E-state index contributed by atoms with van der Waals surface area (Å²) in [6.07, 6.45) is 2.95. The van der Waals surface area contributed by atoms with E-state index in [0.717, 1.165) is 49.3 Å². The van der Waals surface area contributed by atoms with Gasteiger partial charge in [-0.1, -0.05) is 54.6 Å². The van der Waals surface area contributed by atoms with Crippen LogP contribution in [0.25, 0.3) is 0 Å². The summed E-state index contributed by atoms with van der Waals surface area (Å²) in [6.45, 7) is 1.57. The second-order valence-electron chi connectivity index (χ2n) is 7.17. The molecular weight excluding hydrogens is 332 g/mol. The van der Waals surface area contributed by atoms with E-state index < -0.39 is 0 Å². The van der Waals surface area contributed by atoms with Crippen LogP contribution in [-0.4, -0.2) is 28.9 Å². The van der Waals surface area contributed by atoms with Gasteiger partial charge in [0.2, 0.25) is 0 Å². The zero-order valence-electron chi connectivity index (χ0n) is 15.4. The molecule has 136 valence electrons. The molecular formula is C24H24N2O. The minimum absolute atomic E-state index is 0.126. The summed E-state index contributed by atoms with van der Waals surface area (Å²) in [6, 6.07) is 26.3. The highest BCUT2D eigenvalue weighted by Crippen LogP contribution is 2.27. The predicted molar refractivity (Wildman–Crippen MR) is 108 cm³/mol. The van der Waals surface area contributed by atoms with Crippen molar-refractivity contribution in [2.75, 3.05) is 13.1 Å². The van der Waals surface area contributed by atoms with Crippen LogP contribution in [0.1, 0.15) is 46.1 Å². The number of hydrogen-bond donors (Lipinski definition) is 0. The highest BCUT2D eigenvalue weighted by atomic mass is 16.2. The average molecular weight is 356 g/mol. The third-order valence-electron chi connectivity index (χ3n) is 5.20. The SMILES string of the molecule is O=C(c1ccccc1)N1CCCC(c2cccc(Cc3ccccc3)n2)C1. The van der Waals surface area contributed by atoms with E-state index in [1.807, 2.05) is 41.3 Å². The van der Waals surface area contributed by atoms with Crippen LogP contribution in [0.3, 0.4) is 0 Å².